The lowest BCUT2D eigenvalue weighted by Gasteiger charge is -2.08. The summed E-state index contributed by atoms with van der Waals surface area (Å²) in [7, 11) is -3.40. The predicted molar refractivity (Wildman–Crippen MR) is 139 cm³/mol. The third-order valence-corrected chi connectivity index (χ3v) is 8.38. The van der Waals surface area contributed by atoms with Gasteiger partial charge in [-0.15, -0.1) is 0 Å². The van der Waals surface area contributed by atoms with Gasteiger partial charge in [0.2, 0.25) is 11.7 Å². The van der Waals surface area contributed by atoms with Crippen molar-refractivity contribution in [3.8, 4) is 11.3 Å². The maximum atomic E-state index is 13.8. The van der Waals surface area contributed by atoms with Crippen LogP contribution in [0.15, 0.2) is 77.7 Å². The number of thiazole rings is 1. The summed E-state index contributed by atoms with van der Waals surface area (Å²) in [6.45, 7) is 1.52. The van der Waals surface area contributed by atoms with E-state index in [4.69, 9.17) is 0 Å². The molecule has 0 radical (unpaired) electrons. The van der Waals surface area contributed by atoms with Crippen LogP contribution >= 0.6 is 11.3 Å². The molecular weight excluding hydrogens is 556 g/mol. The van der Waals surface area contributed by atoms with Crippen molar-refractivity contribution in [3.05, 3.63) is 100 Å². The summed E-state index contributed by atoms with van der Waals surface area (Å²) in [4.78, 5) is 30.2. The van der Waals surface area contributed by atoms with Gasteiger partial charge in [0.25, 0.3) is 0 Å². The number of hydrogen-bond acceptors (Lipinski definition) is 6. The number of amides is 1. The van der Waals surface area contributed by atoms with Crippen LogP contribution in [0.2, 0.25) is 0 Å². The standard InChI is InChI=1S/C27H20F4N2O4S2/c1-2-39(36,37)21-11-9-16(10-12-21)13-22(34)32-26-33-23(17-5-3-7-19(14-17)27(29,30)31)25(38-26)24(35)18-6-4-8-20(28)15-18/h3-12,14-15H,2,13H2,1H3,(H,32,33,34). The van der Waals surface area contributed by atoms with Crippen molar-refractivity contribution >= 4 is 38.0 Å². The molecule has 6 nitrogen and oxygen atoms in total. The zero-order chi connectivity index (χ0) is 28.4. The van der Waals surface area contributed by atoms with Crippen LogP contribution in [0, 0.1) is 5.82 Å². The van der Waals surface area contributed by atoms with Gasteiger partial charge in [0.05, 0.1) is 28.3 Å². The molecular formula is C27H20F4N2O4S2. The normalized spacial score (nSPS) is 11.8. The Labute approximate surface area is 225 Å². The Balaban J connectivity index is 1.65. The molecule has 39 heavy (non-hydrogen) atoms. The molecule has 4 aromatic rings. The van der Waals surface area contributed by atoms with Crippen molar-refractivity contribution in [2.75, 3.05) is 11.1 Å². The van der Waals surface area contributed by atoms with Gasteiger partial charge in [0.15, 0.2) is 15.0 Å². The fourth-order valence-electron chi connectivity index (χ4n) is 3.66. The zero-order valence-corrected chi connectivity index (χ0v) is 21.9. The number of rotatable bonds is 8. The molecule has 0 bridgehead atoms. The Morgan fingerprint density at radius 1 is 0.974 bits per heavy atom. The highest BCUT2D eigenvalue weighted by Crippen LogP contribution is 2.36. The highest BCUT2D eigenvalue weighted by Gasteiger charge is 2.31. The van der Waals surface area contributed by atoms with E-state index in [1.165, 1.54) is 55.5 Å². The Hall–Kier alpha value is -3.90. The number of anilines is 1. The number of alkyl halides is 3. The summed E-state index contributed by atoms with van der Waals surface area (Å²) >= 11 is 0.749. The smallest absolute Gasteiger partial charge is 0.302 e. The van der Waals surface area contributed by atoms with Crippen molar-refractivity contribution in [2.45, 2.75) is 24.4 Å². The molecule has 1 amide bonds. The van der Waals surface area contributed by atoms with E-state index < -0.39 is 39.1 Å². The number of nitrogens with zero attached hydrogens (tertiary/aromatic N) is 1. The number of halogens is 4. The quantitative estimate of drug-likeness (QED) is 0.200. The average molecular weight is 577 g/mol. The molecule has 3 aromatic carbocycles. The number of carbonyl (C=O) groups excluding carboxylic acids is 2. The summed E-state index contributed by atoms with van der Waals surface area (Å²) < 4.78 is 77.7. The minimum absolute atomic E-state index is 0.00551. The molecule has 1 N–H and O–H groups in total. The largest absolute Gasteiger partial charge is 0.416 e. The number of nitrogens with one attached hydrogen (secondary N) is 1. The van der Waals surface area contributed by atoms with Crippen LogP contribution in [-0.4, -0.2) is 30.8 Å². The molecule has 202 valence electrons. The Morgan fingerprint density at radius 3 is 2.31 bits per heavy atom. The summed E-state index contributed by atoms with van der Waals surface area (Å²) in [5.74, 6) is -1.96. The van der Waals surface area contributed by atoms with Crippen LogP contribution in [0.4, 0.5) is 22.7 Å². The van der Waals surface area contributed by atoms with Gasteiger partial charge in [0.1, 0.15) is 10.7 Å². The van der Waals surface area contributed by atoms with Crippen molar-refractivity contribution in [2.24, 2.45) is 0 Å². The molecule has 0 unspecified atom stereocenters. The SMILES string of the molecule is CCS(=O)(=O)c1ccc(CC(=O)Nc2nc(-c3cccc(C(F)(F)F)c3)c(C(=O)c3cccc(F)c3)s2)cc1. The van der Waals surface area contributed by atoms with E-state index in [0.717, 1.165) is 35.6 Å². The van der Waals surface area contributed by atoms with Gasteiger partial charge in [-0.1, -0.05) is 54.7 Å². The molecule has 4 rings (SSSR count). The molecule has 1 aromatic heterocycles. The van der Waals surface area contributed by atoms with Gasteiger partial charge in [-0.25, -0.2) is 17.8 Å². The molecule has 0 fully saturated rings. The van der Waals surface area contributed by atoms with Crippen LogP contribution in [0.3, 0.4) is 0 Å². The Kier molecular flexibility index (Phi) is 7.98. The lowest BCUT2D eigenvalue weighted by molar-refractivity contribution is -0.137. The molecule has 0 aliphatic rings. The number of benzene rings is 3. The van der Waals surface area contributed by atoms with E-state index in [0.29, 0.717) is 5.56 Å². The van der Waals surface area contributed by atoms with Gasteiger partial charge in [0, 0.05) is 11.1 Å². The van der Waals surface area contributed by atoms with Crippen molar-refractivity contribution < 1.29 is 35.6 Å². The first kappa shape index (κ1) is 28.1. The number of carbonyl (C=O) groups is 2. The molecule has 0 saturated heterocycles. The fourth-order valence-corrected chi connectivity index (χ4v) is 5.51. The van der Waals surface area contributed by atoms with Crippen LogP contribution in [0.1, 0.15) is 33.3 Å². The number of aromatic nitrogens is 1. The maximum absolute atomic E-state index is 13.8. The van der Waals surface area contributed by atoms with Crippen LogP contribution in [0.25, 0.3) is 11.3 Å². The number of hydrogen-bond donors (Lipinski definition) is 1. The van der Waals surface area contributed by atoms with Gasteiger partial charge in [-0.2, -0.15) is 13.2 Å². The lowest BCUT2D eigenvalue weighted by Crippen LogP contribution is -2.14. The summed E-state index contributed by atoms with van der Waals surface area (Å²) in [5.41, 5.74) is -0.574. The fraction of sp³-hybridized carbons (Fsp3) is 0.148. The summed E-state index contributed by atoms with van der Waals surface area (Å²) in [6, 6.07) is 14.9. The van der Waals surface area contributed by atoms with Crippen molar-refractivity contribution in [1.29, 1.82) is 0 Å². The zero-order valence-electron chi connectivity index (χ0n) is 20.3. The minimum atomic E-state index is -4.64. The topological polar surface area (TPSA) is 93.2 Å². The lowest BCUT2D eigenvalue weighted by atomic mass is 10.0. The first-order chi connectivity index (χ1) is 18.4. The van der Waals surface area contributed by atoms with Gasteiger partial charge in [-0.3, -0.25) is 9.59 Å². The second-order valence-electron chi connectivity index (χ2n) is 8.39. The molecule has 0 spiro atoms. The molecule has 0 atom stereocenters. The Bertz CT molecular complexity index is 1650. The first-order valence-corrected chi connectivity index (χ1v) is 13.9. The van der Waals surface area contributed by atoms with Gasteiger partial charge < -0.3 is 5.32 Å². The second kappa shape index (κ2) is 11.1. The minimum Gasteiger partial charge on any atom is -0.302 e. The molecule has 1 heterocycles. The average Bonchev–Trinajstić information content (AvgIpc) is 3.31. The number of ketones is 1. The first-order valence-electron chi connectivity index (χ1n) is 11.5. The van der Waals surface area contributed by atoms with Crippen LogP contribution in [0.5, 0.6) is 0 Å². The highest BCUT2D eigenvalue weighted by atomic mass is 32.2. The molecule has 0 saturated carbocycles. The maximum Gasteiger partial charge on any atom is 0.416 e. The van der Waals surface area contributed by atoms with Crippen molar-refractivity contribution in [3.63, 3.8) is 0 Å². The van der Waals surface area contributed by atoms with E-state index in [9.17, 15) is 35.6 Å². The summed E-state index contributed by atoms with van der Waals surface area (Å²) in [6.07, 6.45) is -4.79. The molecule has 12 heteroatoms. The van der Waals surface area contributed by atoms with E-state index in [1.54, 1.807) is 0 Å². The number of sulfone groups is 1. The van der Waals surface area contributed by atoms with Gasteiger partial charge in [-0.05, 0) is 42.0 Å². The van der Waals surface area contributed by atoms with E-state index in [1.807, 2.05) is 0 Å². The van der Waals surface area contributed by atoms with E-state index in [2.05, 4.69) is 10.3 Å². The Morgan fingerprint density at radius 2 is 1.67 bits per heavy atom. The predicted octanol–water partition coefficient (Wildman–Crippen LogP) is 6.17. The molecule has 0 aliphatic carbocycles. The van der Waals surface area contributed by atoms with Crippen molar-refractivity contribution in [1.82, 2.24) is 4.98 Å². The second-order valence-corrected chi connectivity index (χ2v) is 11.7. The molecule has 0 aliphatic heterocycles. The van der Waals surface area contributed by atoms with E-state index >= 15 is 0 Å². The summed E-state index contributed by atoms with van der Waals surface area (Å²) in [5, 5.41) is 2.50. The van der Waals surface area contributed by atoms with Crippen LogP contribution in [-0.2, 0) is 27.2 Å². The van der Waals surface area contributed by atoms with Crippen LogP contribution < -0.4 is 5.32 Å². The third kappa shape index (κ3) is 6.58. The van der Waals surface area contributed by atoms with E-state index in [-0.39, 0.29) is 43.9 Å². The third-order valence-electron chi connectivity index (χ3n) is 5.66. The highest BCUT2D eigenvalue weighted by molar-refractivity contribution is 7.91. The van der Waals surface area contributed by atoms with Gasteiger partial charge >= 0.3 is 6.18 Å². The monoisotopic (exact) mass is 576 g/mol.